The molecule has 6 heteroatoms. The van der Waals surface area contributed by atoms with Gasteiger partial charge in [0, 0.05) is 11.9 Å². The van der Waals surface area contributed by atoms with Crippen LogP contribution >= 0.6 is 15.9 Å². The lowest BCUT2D eigenvalue weighted by Crippen LogP contribution is -2.08. The number of hydrogen-bond donors (Lipinski definition) is 1. The van der Waals surface area contributed by atoms with E-state index in [1.54, 1.807) is 0 Å². The van der Waals surface area contributed by atoms with Crippen molar-refractivity contribution in [3.05, 3.63) is 40.1 Å². The maximum absolute atomic E-state index is 4.63. The lowest BCUT2D eigenvalue weighted by atomic mass is 10.2. The third kappa shape index (κ3) is 2.40. The smallest absolute Gasteiger partial charge is 0.225 e. The van der Waals surface area contributed by atoms with Crippen LogP contribution in [0.3, 0.4) is 0 Å². The summed E-state index contributed by atoms with van der Waals surface area (Å²) in [6.07, 6.45) is 0. The second kappa shape index (κ2) is 5.44. The normalized spacial score (nSPS) is 11.0. The van der Waals surface area contributed by atoms with Gasteiger partial charge in [-0.1, -0.05) is 12.1 Å². The van der Waals surface area contributed by atoms with E-state index < -0.39 is 0 Å². The van der Waals surface area contributed by atoms with Gasteiger partial charge in [0.15, 0.2) is 5.82 Å². The van der Waals surface area contributed by atoms with Crippen molar-refractivity contribution in [2.45, 2.75) is 20.8 Å². The summed E-state index contributed by atoms with van der Waals surface area (Å²) >= 11 is 3.57. The number of anilines is 1. The summed E-state index contributed by atoms with van der Waals surface area (Å²) in [5.74, 6) is 1.41. The van der Waals surface area contributed by atoms with Crippen molar-refractivity contribution in [3.63, 3.8) is 0 Å². The zero-order valence-corrected chi connectivity index (χ0v) is 13.8. The van der Waals surface area contributed by atoms with Crippen LogP contribution < -0.4 is 5.32 Å². The minimum absolute atomic E-state index is 0.620. The van der Waals surface area contributed by atoms with Crippen LogP contribution in [0.2, 0.25) is 0 Å². The van der Waals surface area contributed by atoms with Crippen LogP contribution in [-0.4, -0.2) is 26.3 Å². The van der Waals surface area contributed by atoms with Crippen molar-refractivity contribution >= 4 is 32.8 Å². The van der Waals surface area contributed by atoms with E-state index in [4.69, 9.17) is 0 Å². The number of halogens is 1. The Kier molecular flexibility index (Phi) is 3.63. The predicted molar refractivity (Wildman–Crippen MR) is 88.0 cm³/mol. The Morgan fingerprint density at radius 2 is 1.95 bits per heavy atom. The van der Waals surface area contributed by atoms with E-state index in [1.807, 2.05) is 49.7 Å². The first kappa shape index (κ1) is 14.0. The molecule has 0 saturated carbocycles. The zero-order valence-electron chi connectivity index (χ0n) is 12.2. The molecule has 0 radical (unpaired) electrons. The van der Waals surface area contributed by atoms with Crippen molar-refractivity contribution in [1.29, 1.82) is 0 Å². The number of para-hydroxylation sites is 1. The topological polar surface area (TPSA) is 55.6 Å². The molecule has 0 saturated heterocycles. The number of hydrogen-bond acceptors (Lipinski definition) is 4. The van der Waals surface area contributed by atoms with Gasteiger partial charge < -0.3 is 5.32 Å². The first-order valence-electron chi connectivity index (χ1n) is 6.84. The highest BCUT2D eigenvalue weighted by molar-refractivity contribution is 9.10. The van der Waals surface area contributed by atoms with Crippen LogP contribution in [0.1, 0.15) is 18.3 Å². The Balaban J connectivity index is 2.31. The zero-order chi connectivity index (χ0) is 15.0. The predicted octanol–water partition coefficient (Wildman–Crippen LogP) is 3.63. The van der Waals surface area contributed by atoms with Crippen LogP contribution in [-0.2, 0) is 0 Å². The number of nitrogens with zero attached hydrogens (tertiary/aromatic N) is 4. The Labute approximate surface area is 131 Å². The largest absolute Gasteiger partial charge is 0.354 e. The van der Waals surface area contributed by atoms with Gasteiger partial charge in [0.2, 0.25) is 5.95 Å². The molecule has 0 aliphatic heterocycles. The van der Waals surface area contributed by atoms with Gasteiger partial charge in [-0.25, -0.2) is 9.67 Å². The molecule has 0 bridgehead atoms. The van der Waals surface area contributed by atoms with E-state index in [0.717, 1.165) is 39.1 Å². The second-order valence-electron chi connectivity index (χ2n) is 4.81. The molecule has 2 heterocycles. The highest BCUT2D eigenvalue weighted by Gasteiger charge is 2.15. The average Bonchev–Trinajstić information content (AvgIpc) is 2.74. The van der Waals surface area contributed by atoms with Gasteiger partial charge in [-0.15, -0.1) is 0 Å². The van der Waals surface area contributed by atoms with Crippen LogP contribution in [0.25, 0.3) is 16.7 Å². The number of fused-ring (bicyclic) bond motifs is 1. The number of rotatable bonds is 3. The molecule has 0 aliphatic rings. The molecular formula is C15H16BrN5. The molecule has 0 amide bonds. The number of nitrogens with one attached hydrogen (secondary N) is 1. The number of aryl methyl sites for hydroxylation is 1. The van der Waals surface area contributed by atoms with E-state index in [9.17, 15) is 0 Å². The second-order valence-corrected chi connectivity index (χ2v) is 5.61. The first-order chi connectivity index (χ1) is 10.1. The Bertz CT molecular complexity index is 809. The lowest BCUT2D eigenvalue weighted by molar-refractivity contribution is 0.810. The molecular weight excluding hydrogens is 330 g/mol. The molecule has 108 valence electrons. The summed E-state index contributed by atoms with van der Waals surface area (Å²) in [5.41, 5.74) is 2.88. The van der Waals surface area contributed by atoms with Crippen molar-refractivity contribution in [3.8, 4) is 5.82 Å². The van der Waals surface area contributed by atoms with Gasteiger partial charge in [0.05, 0.1) is 21.4 Å². The van der Waals surface area contributed by atoms with Gasteiger partial charge in [-0.2, -0.15) is 10.1 Å². The van der Waals surface area contributed by atoms with Crippen LogP contribution in [0.5, 0.6) is 0 Å². The molecule has 5 nitrogen and oxygen atoms in total. The van der Waals surface area contributed by atoms with Crippen LogP contribution in [0, 0.1) is 13.8 Å². The highest BCUT2D eigenvalue weighted by Crippen LogP contribution is 2.26. The quantitative estimate of drug-likeness (QED) is 0.787. The van der Waals surface area contributed by atoms with E-state index in [0.29, 0.717) is 5.95 Å². The van der Waals surface area contributed by atoms with Crippen molar-refractivity contribution in [2.75, 3.05) is 11.9 Å². The molecule has 0 unspecified atom stereocenters. The fraction of sp³-hybridized carbons (Fsp3) is 0.267. The highest BCUT2D eigenvalue weighted by atomic mass is 79.9. The maximum Gasteiger partial charge on any atom is 0.225 e. The maximum atomic E-state index is 4.63. The lowest BCUT2D eigenvalue weighted by Gasteiger charge is -2.10. The minimum atomic E-state index is 0.620. The summed E-state index contributed by atoms with van der Waals surface area (Å²) in [6.45, 7) is 6.80. The summed E-state index contributed by atoms with van der Waals surface area (Å²) in [5, 5.41) is 8.74. The molecule has 3 rings (SSSR count). The summed E-state index contributed by atoms with van der Waals surface area (Å²) in [4.78, 5) is 9.17. The SMILES string of the molecule is CCNc1nc(-n2nc(C)c(Br)c2C)c2ccccc2n1. The standard InChI is InChI=1S/C15H16BrN5/c1-4-17-15-18-12-8-6-5-7-11(12)14(19-15)21-10(3)13(16)9(2)20-21/h5-8H,4H2,1-3H3,(H,17,18,19). The number of benzene rings is 1. The molecule has 1 aromatic carbocycles. The van der Waals surface area contributed by atoms with Crippen molar-refractivity contribution in [1.82, 2.24) is 19.7 Å². The van der Waals surface area contributed by atoms with Crippen LogP contribution in [0.15, 0.2) is 28.7 Å². The third-order valence-corrected chi connectivity index (χ3v) is 4.47. The number of aromatic nitrogens is 4. The third-order valence-electron chi connectivity index (χ3n) is 3.32. The van der Waals surface area contributed by atoms with E-state index >= 15 is 0 Å². The van der Waals surface area contributed by atoms with E-state index in [2.05, 4.69) is 36.3 Å². The molecule has 0 aliphatic carbocycles. The van der Waals surface area contributed by atoms with Gasteiger partial charge in [-0.05, 0) is 48.8 Å². The molecule has 0 spiro atoms. The summed E-state index contributed by atoms with van der Waals surface area (Å²) in [7, 11) is 0. The van der Waals surface area contributed by atoms with Crippen molar-refractivity contribution in [2.24, 2.45) is 0 Å². The summed E-state index contributed by atoms with van der Waals surface area (Å²) in [6, 6.07) is 7.97. The van der Waals surface area contributed by atoms with Gasteiger partial charge >= 0.3 is 0 Å². The minimum Gasteiger partial charge on any atom is -0.354 e. The molecule has 21 heavy (non-hydrogen) atoms. The van der Waals surface area contributed by atoms with Gasteiger partial charge in [-0.3, -0.25) is 0 Å². The Hall–Kier alpha value is -1.95. The first-order valence-corrected chi connectivity index (χ1v) is 7.64. The van der Waals surface area contributed by atoms with E-state index in [-0.39, 0.29) is 0 Å². The molecule has 0 fully saturated rings. The van der Waals surface area contributed by atoms with Crippen LogP contribution in [0.4, 0.5) is 5.95 Å². The molecule has 0 atom stereocenters. The Morgan fingerprint density at radius 1 is 1.19 bits per heavy atom. The fourth-order valence-corrected chi connectivity index (χ4v) is 2.54. The Morgan fingerprint density at radius 3 is 2.62 bits per heavy atom. The van der Waals surface area contributed by atoms with Gasteiger partial charge in [0.25, 0.3) is 0 Å². The van der Waals surface area contributed by atoms with Gasteiger partial charge in [0.1, 0.15) is 0 Å². The molecule has 3 aromatic rings. The fourth-order valence-electron chi connectivity index (χ4n) is 2.29. The molecule has 2 aromatic heterocycles. The molecule has 1 N–H and O–H groups in total. The average molecular weight is 346 g/mol. The monoisotopic (exact) mass is 345 g/mol. The van der Waals surface area contributed by atoms with E-state index in [1.165, 1.54) is 0 Å². The summed E-state index contributed by atoms with van der Waals surface area (Å²) < 4.78 is 2.87. The van der Waals surface area contributed by atoms with Crippen molar-refractivity contribution < 1.29 is 0 Å².